The Labute approximate surface area is 127 Å². The maximum atomic E-state index is 6.21. The van der Waals surface area contributed by atoms with Crippen LogP contribution in [-0.2, 0) is 0 Å². The molecule has 5 heteroatoms. The smallest absolute Gasteiger partial charge is 0.0835 e. The molecule has 1 aromatic carbocycles. The summed E-state index contributed by atoms with van der Waals surface area (Å²) in [5.41, 5.74) is 0.915. The summed E-state index contributed by atoms with van der Waals surface area (Å²) < 4.78 is 0.831. The second-order valence-corrected chi connectivity index (χ2v) is 6.48. The fraction of sp³-hybridized carbons (Fsp3) is 0.538. The van der Waals surface area contributed by atoms with Gasteiger partial charge in [-0.1, -0.05) is 23.2 Å². The zero-order chi connectivity index (χ0) is 13.1. The third kappa shape index (κ3) is 3.53. The summed E-state index contributed by atoms with van der Waals surface area (Å²) in [5, 5.41) is 4.57. The molecule has 1 aliphatic heterocycles. The molecule has 1 saturated heterocycles. The number of nitrogens with zero attached hydrogens (tertiary/aromatic N) is 1. The van der Waals surface area contributed by atoms with Crippen molar-refractivity contribution in [1.82, 2.24) is 4.90 Å². The predicted molar refractivity (Wildman–Crippen MR) is 82.9 cm³/mol. The van der Waals surface area contributed by atoms with E-state index in [9.17, 15) is 0 Å². The molecule has 0 radical (unpaired) electrons. The lowest BCUT2D eigenvalue weighted by Gasteiger charge is -2.30. The van der Waals surface area contributed by atoms with E-state index in [4.69, 9.17) is 23.2 Å². The molecule has 100 valence electrons. The Morgan fingerprint density at radius 3 is 2.89 bits per heavy atom. The Kier molecular flexibility index (Phi) is 5.19. The first-order chi connectivity index (χ1) is 8.58. The lowest BCUT2D eigenvalue weighted by Crippen LogP contribution is -2.35. The average Bonchev–Trinajstić information content (AvgIpc) is 2.35. The van der Waals surface area contributed by atoms with Crippen molar-refractivity contribution in [2.45, 2.75) is 12.8 Å². The summed E-state index contributed by atoms with van der Waals surface area (Å²) in [5.74, 6) is 0.683. The van der Waals surface area contributed by atoms with Gasteiger partial charge in [0.1, 0.15) is 0 Å². The van der Waals surface area contributed by atoms with E-state index >= 15 is 0 Å². The fourth-order valence-electron chi connectivity index (χ4n) is 2.36. The Balaban J connectivity index is 1.96. The number of likely N-dealkylation sites (tertiary alicyclic amines) is 1. The first-order valence-corrected chi connectivity index (χ1v) is 7.68. The summed E-state index contributed by atoms with van der Waals surface area (Å²) in [6, 6.07) is 3.88. The second-order valence-electron chi connectivity index (χ2n) is 4.87. The van der Waals surface area contributed by atoms with E-state index in [-0.39, 0.29) is 0 Å². The first-order valence-electron chi connectivity index (χ1n) is 6.14. The van der Waals surface area contributed by atoms with Crippen LogP contribution in [0.15, 0.2) is 16.6 Å². The van der Waals surface area contributed by atoms with Crippen LogP contribution in [-0.4, -0.2) is 31.6 Å². The molecule has 2 nitrogen and oxygen atoms in total. The Bertz CT molecular complexity index is 426. The van der Waals surface area contributed by atoms with Gasteiger partial charge in [0, 0.05) is 17.6 Å². The molecule has 1 atom stereocenters. The monoisotopic (exact) mass is 350 g/mol. The van der Waals surface area contributed by atoms with Gasteiger partial charge >= 0.3 is 0 Å². The first kappa shape index (κ1) is 14.4. The molecule has 0 saturated carbocycles. The molecule has 1 unspecified atom stereocenters. The molecular formula is C13H17BrCl2N2. The number of benzene rings is 1. The SMILES string of the molecule is CN1CCCC(CNc2ccc(Br)c(Cl)c2Cl)C1. The summed E-state index contributed by atoms with van der Waals surface area (Å²) in [6.45, 7) is 3.30. The van der Waals surface area contributed by atoms with Gasteiger partial charge in [0.15, 0.2) is 0 Å². The van der Waals surface area contributed by atoms with E-state index in [2.05, 4.69) is 33.2 Å². The van der Waals surface area contributed by atoms with Crippen molar-refractivity contribution in [3.63, 3.8) is 0 Å². The number of hydrogen-bond acceptors (Lipinski definition) is 2. The number of nitrogens with one attached hydrogen (secondary N) is 1. The van der Waals surface area contributed by atoms with Crippen LogP contribution in [0.3, 0.4) is 0 Å². The third-order valence-electron chi connectivity index (χ3n) is 3.34. The number of hydrogen-bond donors (Lipinski definition) is 1. The van der Waals surface area contributed by atoms with Crippen molar-refractivity contribution in [3.05, 3.63) is 26.7 Å². The largest absolute Gasteiger partial charge is 0.383 e. The van der Waals surface area contributed by atoms with E-state index in [0.29, 0.717) is 16.0 Å². The molecular weight excluding hydrogens is 335 g/mol. The van der Waals surface area contributed by atoms with E-state index in [1.165, 1.54) is 19.4 Å². The van der Waals surface area contributed by atoms with Crippen molar-refractivity contribution in [3.8, 4) is 0 Å². The average molecular weight is 352 g/mol. The molecule has 1 aliphatic rings. The van der Waals surface area contributed by atoms with Crippen molar-refractivity contribution in [2.24, 2.45) is 5.92 Å². The highest BCUT2D eigenvalue weighted by molar-refractivity contribution is 9.10. The molecule has 1 aromatic rings. The Morgan fingerprint density at radius 1 is 1.39 bits per heavy atom. The van der Waals surface area contributed by atoms with Crippen molar-refractivity contribution in [1.29, 1.82) is 0 Å². The molecule has 0 bridgehead atoms. The highest BCUT2D eigenvalue weighted by Gasteiger charge is 2.17. The van der Waals surface area contributed by atoms with E-state index in [1.807, 2.05) is 12.1 Å². The van der Waals surface area contributed by atoms with Crippen LogP contribution < -0.4 is 5.32 Å². The van der Waals surface area contributed by atoms with Gasteiger partial charge < -0.3 is 10.2 Å². The minimum absolute atomic E-state index is 0.572. The lowest BCUT2D eigenvalue weighted by molar-refractivity contribution is 0.217. The highest BCUT2D eigenvalue weighted by atomic mass is 79.9. The summed E-state index contributed by atoms with van der Waals surface area (Å²) in [6.07, 6.45) is 2.55. The van der Waals surface area contributed by atoms with Crippen molar-refractivity contribution >= 4 is 44.8 Å². The molecule has 2 rings (SSSR count). The standard InChI is InChI=1S/C13H17BrCl2N2/c1-18-6-2-3-9(8-18)7-17-11-5-4-10(14)12(15)13(11)16/h4-5,9,17H,2-3,6-8H2,1H3. The van der Waals surface area contributed by atoms with Crippen LogP contribution in [0.5, 0.6) is 0 Å². The normalized spacial score (nSPS) is 21.0. The van der Waals surface area contributed by atoms with Crippen LogP contribution >= 0.6 is 39.1 Å². The van der Waals surface area contributed by atoms with Crippen LogP contribution in [0.1, 0.15) is 12.8 Å². The minimum atomic E-state index is 0.572. The van der Waals surface area contributed by atoms with Gasteiger partial charge in [0.2, 0.25) is 0 Å². The molecule has 1 N–H and O–H groups in total. The second kappa shape index (κ2) is 6.47. The van der Waals surface area contributed by atoms with Crippen molar-refractivity contribution < 1.29 is 0 Å². The Morgan fingerprint density at radius 2 is 2.17 bits per heavy atom. The molecule has 0 spiro atoms. The van der Waals surface area contributed by atoms with Gasteiger partial charge in [-0.2, -0.15) is 0 Å². The van der Waals surface area contributed by atoms with Gasteiger partial charge in [-0.15, -0.1) is 0 Å². The molecule has 0 aliphatic carbocycles. The van der Waals surface area contributed by atoms with Gasteiger partial charge in [-0.05, 0) is 60.4 Å². The number of rotatable bonds is 3. The number of halogens is 3. The van der Waals surface area contributed by atoms with Gasteiger partial charge in [-0.3, -0.25) is 0 Å². The summed E-state index contributed by atoms with van der Waals surface area (Å²) in [7, 11) is 2.18. The van der Waals surface area contributed by atoms with Crippen LogP contribution in [0, 0.1) is 5.92 Å². The third-order valence-corrected chi connectivity index (χ3v) is 5.11. The van der Waals surface area contributed by atoms with Crippen molar-refractivity contribution in [2.75, 3.05) is 32.0 Å². The molecule has 0 aromatic heterocycles. The zero-order valence-corrected chi connectivity index (χ0v) is 13.4. The molecule has 18 heavy (non-hydrogen) atoms. The van der Waals surface area contributed by atoms with Crippen LogP contribution in [0.4, 0.5) is 5.69 Å². The predicted octanol–water partition coefficient (Wildman–Crippen LogP) is 4.51. The molecule has 1 fully saturated rings. The number of piperidine rings is 1. The maximum Gasteiger partial charge on any atom is 0.0835 e. The van der Waals surface area contributed by atoms with E-state index in [1.54, 1.807) is 0 Å². The van der Waals surface area contributed by atoms with Gasteiger partial charge in [0.05, 0.1) is 15.7 Å². The maximum absolute atomic E-state index is 6.21. The quantitative estimate of drug-likeness (QED) is 0.806. The molecule has 0 amide bonds. The summed E-state index contributed by atoms with van der Waals surface area (Å²) in [4.78, 5) is 2.38. The highest BCUT2D eigenvalue weighted by Crippen LogP contribution is 2.36. The summed E-state index contributed by atoms with van der Waals surface area (Å²) >= 11 is 15.7. The topological polar surface area (TPSA) is 15.3 Å². The fourth-order valence-corrected chi connectivity index (χ4v) is 3.20. The number of anilines is 1. The van der Waals surface area contributed by atoms with Gasteiger partial charge in [0.25, 0.3) is 0 Å². The molecule has 1 heterocycles. The van der Waals surface area contributed by atoms with E-state index < -0.39 is 0 Å². The lowest BCUT2D eigenvalue weighted by atomic mass is 9.98. The zero-order valence-electron chi connectivity index (χ0n) is 10.3. The van der Waals surface area contributed by atoms with E-state index in [0.717, 1.165) is 23.2 Å². The Hall–Kier alpha value is 0.0400. The minimum Gasteiger partial charge on any atom is -0.383 e. The van der Waals surface area contributed by atoms with Crippen LogP contribution in [0.2, 0.25) is 10.0 Å². The van der Waals surface area contributed by atoms with Crippen LogP contribution in [0.25, 0.3) is 0 Å². The van der Waals surface area contributed by atoms with Gasteiger partial charge in [-0.25, -0.2) is 0 Å².